The molecule has 0 aliphatic heterocycles. The molecule has 0 heterocycles. The highest BCUT2D eigenvalue weighted by Gasteiger charge is 2.10. The quantitative estimate of drug-likeness (QED) is 0.289. The summed E-state index contributed by atoms with van der Waals surface area (Å²) < 4.78 is 0.992. The van der Waals surface area contributed by atoms with Gasteiger partial charge in [-0.3, -0.25) is 5.21 Å². The number of aromatic hydroxyl groups is 2. The fourth-order valence-corrected chi connectivity index (χ4v) is 0.933. The lowest BCUT2D eigenvalue weighted by atomic mass is 10.2. The predicted octanol–water partition coefficient (Wildman–Crippen LogP) is 1.33. The summed E-state index contributed by atoms with van der Waals surface area (Å²) in [6.07, 6.45) is 1.40. The van der Waals surface area contributed by atoms with Gasteiger partial charge in [-0.05, 0) is 16.9 Å². The molecular weight excluding hydrogens is 182 g/mol. The van der Waals surface area contributed by atoms with Crippen LogP contribution in [0.4, 0.5) is 0 Å². The van der Waals surface area contributed by atoms with Gasteiger partial charge < -0.3 is 10.2 Å². The Balaban J connectivity index is 3.03. The van der Waals surface area contributed by atoms with Gasteiger partial charge in [0.15, 0.2) is 6.04 Å². The summed E-state index contributed by atoms with van der Waals surface area (Å²) in [4.78, 5) is 0. The van der Waals surface area contributed by atoms with E-state index in [1.165, 1.54) is 24.4 Å². The molecule has 0 atom stereocenters. The van der Waals surface area contributed by atoms with Crippen LogP contribution < -0.4 is 0 Å². The Morgan fingerprint density at radius 3 is 2.43 bits per heavy atom. The third-order valence-corrected chi connectivity index (χ3v) is 1.81. The van der Waals surface area contributed by atoms with E-state index in [0.717, 1.165) is 4.74 Å². The number of hydrogen-bond donors (Lipinski definition) is 3. The van der Waals surface area contributed by atoms with Gasteiger partial charge in [0.2, 0.25) is 6.21 Å². The summed E-state index contributed by atoms with van der Waals surface area (Å²) in [5, 5.41) is 27.8. The number of phenols is 2. The molecule has 14 heavy (non-hydrogen) atoms. The highest BCUT2D eigenvalue weighted by Crippen LogP contribution is 2.20. The zero-order chi connectivity index (χ0) is 10.7. The van der Waals surface area contributed by atoms with Crippen molar-refractivity contribution in [2.24, 2.45) is 0 Å². The molecule has 0 fully saturated rings. The molecule has 1 rings (SSSR count). The van der Waals surface area contributed by atoms with Crippen LogP contribution in [0.3, 0.4) is 0 Å². The molecular formula is C10H14NO3+. The van der Waals surface area contributed by atoms with Gasteiger partial charge in [-0.15, -0.1) is 0 Å². The lowest BCUT2D eigenvalue weighted by molar-refractivity contribution is -0.791. The lowest BCUT2D eigenvalue weighted by Gasteiger charge is -1.99. The molecule has 0 spiro atoms. The SMILES string of the molecule is CC(C)[N+](O)=Cc1ccc(O)cc1O. The Bertz CT molecular complexity index is 358. The minimum absolute atomic E-state index is 0.00585. The van der Waals surface area contributed by atoms with Crippen molar-refractivity contribution in [2.45, 2.75) is 19.9 Å². The standard InChI is InChI=1S/C10H13NO3/c1-7(2)11(14)6-8-3-4-9(12)5-10(8)13/h3-7,14H,1-2H3,(H,12,13)/p+1. The van der Waals surface area contributed by atoms with Gasteiger partial charge >= 0.3 is 0 Å². The normalized spacial score (nSPS) is 12.1. The highest BCUT2D eigenvalue weighted by atomic mass is 16.5. The zero-order valence-electron chi connectivity index (χ0n) is 8.18. The van der Waals surface area contributed by atoms with Gasteiger partial charge in [0, 0.05) is 19.9 Å². The van der Waals surface area contributed by atoms with Gasteiger partial charge in [-0.2, -0.15) is 0 Å². The summed E-state index contributed by atoms with van der Waals surface area (Å²) in [5.74, 6) is -0.0709. The van der Waals surface area contributed by atoms with Crippen LogP contribution in [-0.4, -0.2) is 32.4 Å². The molecule has 3 N–H and O–H groups in total. The van der Waals surface area contributed by atoms with Crippen molar-refractivity contribution < 1.29 is 20.2 Å². The van der Waals surface area contributed by atoms with E-state index in [0.29, 0.717) is 5.56 Å². The van der Waals surface area contributed by atoms with Crippen LogP contribution in [-0.2, 0) is 0 Å². The topological polar surface area (TPSA) is 63.7 Å². The summed E-state index contributed by atoms with van der Waals surface area (Å²) in [5.41, 5.74) is 0.457. The first kappa shape index (κ1) is 10.4. The molecule has 0 aliphatic carbocycles. The Morgan fingerprint density at radius 2 is 1.93 bits per heavy atom. The Morgan fingerprint density at radius 1 is 1.29 bits per heavy atom. The maximum absolute atomic E-state index is 9.39. The molecule has 0 amide bonds. The third-order valence-electron chi connectivity index (χ3n) is 1.81. The van der Waals surface area contributed by atoms with Gasteiger partial charge in [0.05, 0.1) is 5.56 Å². The van der Waals surface area contributed by atoms with Crippen LogP contribution in [0.15, 0.2) is 18.2 Å². The molecule has 0 saturated heterocycles. The Labute approximate surface area is 82.3 Å². The maximum Gasteiger partial charge on any atom is 0.226 e. The molecule has 0 aromatic heterocycles. The number of rotatable bonds is 2. The molecule has 0 aliphatic rings. The fourth-order valence-electron chi connectivity index (χ4n) is 0.933. The van der Waals surface area contributed by atoms with E-state index in [1.54, 1.807) is 0 Å². The van der Waals surface area contributed by atoms with E-state index in [4.69, 9.17) is 5.11 Å². The Kier molecular flexibility index (Phi) is 2.96. The minimum Gasteiger partial charge on any atom is -0.508 e. The molecule has 0 saturated carbocycles. The first-order chi connectivity index (χ1) is 6.50. The Hall–Kier alpha value is -1.71. The molecule has 4 nitrogen and oxygen atoms in total. The summed E-state index contributed by atoms with van der Waals surface area (Å²) in [6, 6.07) is 4.12. The number of benzene rings is 1. The number of phenolic OH excluding ortho intramolecular Hbond substituents is 2. The second kappa shape index (κ2) is 4.00. The minimum atomic E-state index is -0.0665. The zero-order valence-corrected chi connectivity index (χ0v) is 8.18. The first-order valence-corrected chi connectivity index (χ1v) is 4.35. The molecule has 0 unspecified atom stereocenters. The highest BCUT2D eigenvalue weighted by molar-refractivity contribution is 5.80. The first-order valence-electron chi connectivity index (χ1n) is 4.35. The van der Waals surface area contributed by atoms with Crippen molar-refractivity contribution in [1.29, 1.82) is 0 Å². The van der Waals surface area contributed by atoms with Gasteiger partial charge in [0.1, 0.15) is 11.5 Å². The van der Waals surface area contributed by atoms with Crippen LogP contribution in [0, 0.1) is 0 Å². The number of nitrogens with zero attached hydrogens (tertiary/aromatic N) is 1. The smallest absolute Gasteiger partial charge is 0.226 e. The van der Waals surface area contributed by atoms with E-state index in [-0.39, 0.29) is 17.5 Å². The van der Waals surface area contributed by atoms with E-state index < -0.39 is 0 Å². The van der Waals surface area contributed by atoms with Crippen LogP contribution in [0.2, 0.25) is 0 Å². The molecule has 76 valence electrons. The van der Waals surface area contributed by atoms with Crippen LogP contribution in [0.5, 0.6) is 11.5 Å². The van der Waals surface area contributed by atoms with Gasteiger partial charge in [-0.25, -0.2) is 0 Å². The summed E-state index contributed by atoms with van der Waals surface area (Å²) in [6.45, 7) is 3.63. The van der Waals surface area contributed by atoms with Crippen molar-refractivity contribution in [1.82, 2.24) is 0 Å². The van der Waals surface area contributed by atoms with Gasteiger partial charge in [0.25, 0.3) is 0 Å². The number of hydrogen-bond acceptors (Lipinski definition) is 3. The fraction of sp³-hybridized carbons (Fsp3) is 0.300. The molecule has 1 aromatic carbocycles. The summed E-state index contributed by atoms with van der Waals surface area (Å²) >= 11 is 0. The molecule has 1 aromatic rings. The molecule has 4 heteroatoms. The molecule has 0 bridgehead atoms. The van der Waals surface area contributed by atoms with Crippen molar-refractivity contribution in [3.63, 3.8) is 0 Å². The summed E-state index contributed by atoms with van der Waals surface area (Å²) in [7, 11) is 0. The maximum atomic E-state index is 9.39. The predicted molar refractivity (Wildman–Crippen MR) is 52.1 cm³/mol. The third kappa shape index (κ3) is 2.39. The largest absolute Gasteiger partial charge is 0.508 e. The van der Waals surface area contributed by atoms with E-state index in [2.05, 4.69) is 0 Å². The van der Waals surface area contributed by atoms with Crippen LogP contribution >= 0.6 is 0 Å². The van der Waals surface area contributed by atoms with E-state index in [1.807, 2.05) is 13.8 Å². The van der Waals surface area contributed by atoms with E-state index in [9.17, 15) is 10.3 Å². The number of hydroxylamine groups is 1. The van der Waals surface area contributed by atoms with Crippen molar-refractivity contribution >= 4 is 6.21 Å². The van der Waals surface area contributed by atoms with Crippen molar-refractivity contribution in [3.8, 4) is 11.5 Å². The van der Waals surface area contributed by atoms with E-state index >= 15 is 0 Å². The average molecular weight is 196 g/mol. The average Bonchev–Trinajstić information content (AvgIpc) is 2.09. The second-order valence-electron chi connectivity index (χ2n) is 3.35. The molecule has 0 radical (unpaired) electrons. The van der Waals surface area contributed by atoms with Crippen LogP contribution in [0.1, 0.15) is 19.4 Å². The van der Waals surface area contributed by atoms with Crippen molar-refractivity contribution in [2.75, 3.05) is 0 Å². The monoisotopic (exact) mass is 196 g/mol. The lowest BCUT2D eigenvalue weighted by Crippen LogP contribution is -2.17. The van der Waals surface area contributed by atoms with Gasteiger partial charge in [-0.1, -0.05) is 0 Å². The van der Waals surface area contributed by atoms with Crippen molar-refractivity contribution in [3.05, 3.63) is 23.8 Å². The van der Waals surface area contributed by atoms with Crippen LogP contribution in [0.25, 0.3) is 0 Å². The second-order valence-corrected chi connectivity index (χ2v) is 3.35.